The monoisotopic (exact) mass is 246 g/mol. The number of nitrogen functional groups attached to an aromatic ring is 1. The molecule has 3 N–H and O–H groups in total. The Bertz CT molecular complexity index is 535. The molecule has 0 saturated carbocycles. The third-order valence-corrected chi connectivity index (χ3v) is 2.48. The van der Waals surface area contributed by atoms with Crippen LogP contribution in [0.5, 0.6) is 0 Å². The van der Waals surface area contributed by atoms with Gasteiger partial charge in [-0.3, -0.25) is 0 Å². The lowest BCUT2D eigenvalue weighted by Gasteiger charge is -2.10. The highest BCUT2D eigenvalue weighted by molar-refractivity contribution is 5.96. The van der Waals surface area contributed by atoms with Gasteiger partial charge in [-0.15, -0.1) is 0 Å². The Kier molecular flexibility index (Phi) is 3.52. The summed E-state index contributed by atoms with van der Waals surface area (Å²) in [6.07, 6.45) is 1.60. The van der Waals surface area contributed by atoms with Crippen LogP contribution in [-0.4, -0.2) is 13.1 Å². The van der Waals surface area contributed by atoms with Gasteiger partial charge in [0, 0.05) is 11.4 Å². The third kappa shape index (κ3) is 2.63. The zero-order chi connectivity index (χ0) is 13.0. The Balaban J connectivity index is 2.18. The van der Waals surface area contributed by atoms with Crippen LogP contribution in [0.25, 0.3) is 0 Å². The molecule has 0 unspecified atom stereocenters. The van der Waals surface area contributed by atoms with E-state index in [1.807, 2.05) is 6.07 Å². The minimum atomic E-state index is -0.427. The predicted molar refractivity (Wildman–Crippen MR) is 68.2 cm³/mol. The molecule has 0 spiro atoms. The van der Waals surface area contributed by atoms with E-state index in [4.69, 9.17) is 14.9 Å². The van der Waals surface area contributed by atoms with Crippen molar-refractivity contribution in [1.82, 2.24) is 0 Å². The van der Waals surface area contributed by atoms with Gasteiger partial charge in [-0.2, -0.15) is 0 Å². The number of nitrogens with two attached hydrogens (primary N) is 1. The van der Waals surface area contributed by atoms with Gasteiger partial charge in [0.1, 0.15) is 5.76 Å². The fourth-order valence-electron chi connectivity index (χ4n) is 1.59. The van der Waals surface area contributed by atoms with Crippen molar-refractivity contribution >= 4 is 17.3 Å². The molecule has 0 aliphatic rings. The molecule has 1 aromatic carbocycles. The van der Waals surface area contributed by atoms with Gasteiger partial charge in [-0.05, 0) is 30.3 Å². The van der Waals surface area contributed by atoms with Crippen LogP contribution in [0.15, 0.2) is 41.0 Å². The maximum absolute atomic E-state index is 11.6. The largest absolute Gasteiger partial charge is 0.467 e. The number of benzene rings is 1. The zero-order valence-electron chi connectivity index (χ0n) is 9.97. The molecule has 0 radical (unpaired) electrons. The van der Waals surface area contributed by atoms with Crippen molar-refractivity contribution in [1.29, 1.82) is 0 Å². The minimum Gasteiger partial charge on any atom is -0.467 e. The van der Waals surface area contributed by atoms with Crippen molar-refractivity contribution < 1.29 is 13.9 Å². The lowest BCUT2D eigenvalue weighted by Crippen LogP contribution is -2.08. The van der Waals surface area contributed by atoms with Crippen molar-refractivity contribution in [2.75, 3.05) is 18.2 Å². The molecule has 1 heterocycles. The van der Waals surface area contributed by atoms with Crippen molar-refractivity contribution in [3.8, 4) is 0 Å². The number of nitrogens with one attached hydrogen (secondary N) is 1. The summed E-state index contributed by atoms with van der Waals surface area (Å²) in [6, 6.07) is 8.70. The second-order valence-electron chi connectivity index (χ2n) is 3.73. The summed E-state index contributed by atoms with van der Waals surface area (Å²) in [5.74, 6) is 0.354. The van der Waals surface area contributed by atoms with Crippen LogP contribution in [-0.2, 0) is 11.3 Å². The second kappa shape index (κ2) is 5.27. The van der Waals surface area contributed by atoms with E-state index < -0.39 is 5.97 Å². The van der Waals surface area contributed by atoms with Gasteiger partial charge in [-0.1, -0.05) is 0 Å². The van der Waals surface area contributed by atoms with Gasteiger partial charge >= 0.3 is 5.97 Å². The number of methoxy groups -OCH3 is 1. The SMILES string of the molecule is COC(=O)c1cc(N)ccc1NCc1ccco1. The summed E-state index contributed by atoms with van der Waals surface area (Å²) >= 11 is 0. The number of hydrogen-bond acceptors (Lipinski definition) is 5. The number of esters is 1. The van der Waals surface area contributed by atoms with E-state index in [0.29, 0.717) is 23.5 Å². The first-order valence-electron chi connectivity index (χ1n) is 5.45. The summed E-state index contributed by atoms with van der Waals surface area (Å²) < 4.78 is 9.91. The quantitative estimate of drug-likeness (QED) is 0.639. The van der Waals surface area contributed by atoms with Crippen LogP contribution in [0, 0.1) is 0 Å². The number of carbonyl (C=O) groups is 1. The molecule has 0 saturated heterocycles. The topological polar surface area (TPSA) is 77.5 Å². The molecule has 2 aromatic rings. The average molecular weight is 246 g/mol. The second-order valence-corrected chi connectivity index (χ2v) is 3.73. The zero-order valence-corrected chi connectivity index (χ0v) is 9.97. The van der Waals surface area contributed by atoms with Gasteiger partial charge in [0.2, 0.25) is 0 Å². The lowest BCUT2D eigenvalue weighted by molar-refractivity contribution is 0.0602. The molecule has 1 aromatic heterocycles. The summed E-state index contributed by atoms with van der Waals surface area (Å²) in [4.78, 5) is 11.6. The fraction of sp³-hybridized carbons (Fsp3) is 0.154. The Morgan fingerprint density at radius 2 is 2.28 bits per heavy atom. The molecule has 0 amide bonds. The smallest absolute Gasteiger partial charge is 0.340 e. The summed E-state index contributed by atoms with van der Waals surface area (Å²) in [5.41, 5.74) is 7.24. The van der Waals surface area contributed by atoms with Crippen LogP contribution in [0.3, 0.4) is 0 Å². The number of hydrogen-bond donors (Lipinski definition) is 2. The number of ether oxygens (including phenoxy) is 1. The van der Waals surface area contributed by atoms with Gasteiger partial charge in [0.05, 0.1) is 25.5 Å². The van der Waals surface area contributed by atoms with Crippen LogP contribution >= 0.6 is 0 Å². The third-order valence-electron chi connectivity index (χ3n) is 2.48. The number of carbonyl (C=O) groups excluding carboxylic acids is 1. The van der Waals surface area contributed by atoms with Crippen molar-refractivity contribution in [3.63, 3.8) is 0 Å². The van der Waals surface area contributed by atoms with Crippen LogP contribution in [0.2, 0.25) is 0 Å². The summed E-state index contributed by atoms with van der Waals surface area (Å²) in [5, 5.41) is 3.11. The highest BCUT2D eigenvalue weighted by Gasteiger charge is 2.12. The predicted octanol–water partition coefficient (Wildman–Crippen LogP) is 2.26. The van der Waals surface area contributed by atoms with E-state index in [9.17, 15) is 4.79 Å². The lowest BCUT2D eigenvalue weighted by atomic mass is 10.1. The molecular formula is C13H14N2O3. The standard InChI is InChI=1S/C13H14N2O3/c1-17-13(16)11-7-9(14)4-5-12(11)15-8-10-3-2-6-18-10/h2-7,15H,8,14H2,1H3. The van der Waals surface area contributed by atoms with Crippen LogP contribution in [0.4, 0.5) is 11.4 Å². The molecule has 5 nitrogen and oxygen atoms in total. The maximum Gasteiger partial charge on any atom is 0.340 e. The van der Waals surface area contributed by atoms with E-state index in [0.717, 1.165) is 5.76 Å². The van der Waals surface area contributed by atoms with E-state index in [2.05, 4.69) is 5.32 Å². The van der Waals surface area contributed by atoms with Gasteiger partial charge in [-0.25, -0.2) is 4.79 Å². The maximum atomic E-state index is 11.6. The van der Waals surface area contributed by atoms with Gasteiger partial charge in [0.15, 0.2) is 0 Å². The average Bonchev–Trinajstić information content (AvgIpc) is 2.89. The molecule has 5 heteroatoms. The van der Waals surface area contributed by atoms with Crippen molar-refractivity contribution in [3.05, 3.63) is 47.9 Å². The highest BCUT2D eigenvalue weighted by atomic mass is 16.5. The van der Waals surface area contributed by atoms with Gasteiger partial charge < -0.3 is 20.2 Å². The highest BCUT2D eigenvalue weighted by Crippen LogP contribution is 2.20. The summed E-state index contributed by atoms with van der Waals surface area (Å²) in [7, 11) is 1.34. The van der Waals surface area contributed by atoms with Crippen molar-refractivity contribution in [2.24, 2.45) is 0 Å². The molecule has 0 fully saturated rings. The van der Waals surface area contributed by atoms with Crippen LogP contribution in [0.1, 0.15) is 16.1 Å². The van der Waals surface area contributed by atoms with Crippen molar-refractivity contribution in [2.45, 2.75) is 6.54 Å². The molecule has 94 valence electrons. The Hall–Kier alpha value is -2.43. The Morgan fingerprint density at radius 3 is 2.94 bits per heavy atom. The Morgan fingerprint density at radius 1 is 1.44 bits per heavy atom. The molecule has 0 aliphatic heterocycles. The molecule has 0 aliphatic carbocycles. The molecule has 18 heavy (non-hydrogen) atoms. The normalized spacial score (nSPS) is 10.1. The fourth-order valence-corrected chi connectivity index (χ4v) is 1.59. The Labute approximate surface area is 105 Å². The minimum absolute atomic E-state index is 0.407. The molecule has 2 rings (SSSR count). The summed E-state index contributed by atoms with van der Waals surface area (Å²) in [6.45, 7) is 0.487. The van der Waals surface area contributed by atoms with E-state index in [-0.39, 0.29) is 0 Å². The van der Waals surface area contributed by atoms with E-state index >= 15 is 0 Å². The number of furan rings is 1. The first-order valence-corrected chi connectivity index (χ1v) is 5.45. The van der Waals surface area contributed by atoms with E-state index in [1.165, 1.54) is 7.11 Å². The first-order chi connectivity index (χ1) is 8.70. The van der Waals surface area contributed by atoms with E-state index in [1.54, 1.807) is 30.5 Å². The number of anilines is 2. The van der Waals surface area contributed by atoms with Crippen LogP contribution < -0.4 is 11.1 Å². The first kappa shape index (κ1) is 12.0. The molecule has 0 bridgehead atoms. The molecule has 0 atom stereocenters. The molecular weight excluding hydrogens is 232 g/mol. The number of rotatable bonds is 4. The van der Waals surface area contributed by atoms with Gasteiger partial charge in [0.25, 0.3) is 0 Å².